The molecule has 2 aromatic rings. The van der Waals surface area contributed by atoms with E-state index in [4.69, 9.17) is 0 Å². The van der Waals surface area contributed by atoms with Crippen molar-refractivity contribution >= 4 is 27.5 Å². The van der Waals surface area contributed by atoms with Crippen LogP contribution >= 0.6 is 0 Å². The molecule has 1 aliphatic rings. The summed E-state index contributed by atoms with van der Waals surface area (Å²) in [4.78, 5) is 25.2. The van der Waals surface area contributed by atoms with Gasteiger partial charge in [-0.05, 0) is 50.1 Å². The molecule has 1 heterocycles. The summed E-state index contributed by atoms with van der Waals surface area (Å²) in [7, 11) is -3.53. The van der Waals surface area contributed by atoms with Gasteiger partial charge < -0.3 is 10.6 Å². The highest BCUT2D eigenvalue weighted by molar-refractivity contribution is 7.89. The Bertz CT molecular complexity index is 1080. The number of hydrogen-bond acceptors (Lipinski definition) is 4. The number of carbonyl (C=O) groups excluding carboxylic acids is 2. The molecule has 0 aromatic heterocycles. The second-order valence-electron chi connectivity index (χ2n) is 9.25. The minimum atomic E-state index is -3.53. The van der Waals surface area contributed by atoms with E-state index in [9.17, 15) is 18.0 Å². The maximum absolute atomic E-state index is 12.8. The van der Waals surface area contributed by atoms with Gasteiger partial charge in [-0.15, -0.1) is 0 Å². The van der Waals surface area contributed by atoms with Crippen LogP contribution in [0, 0.1) is 12.3 Å². The Morgan fingerprint density at radius 3 is 2.22 bits per heavy atom. The summed E-state index contributed by atoms with van der Waals surface area (Å²) >= 11 is 0. The minimum Gasteiger partial charge on any atom is -0.349 e. The summed E-state index contributed by atoms with van der Waals surface area (Å²) in [6.07, 6.45) is 1.08. The molecule has 1 saturated heterocycles. The van der Waals surface area contributed by atoms with E-state index in [1.807, 2.05) is 27.7 Å². The van der Waals surface area contributed by atoms with Gasteiger partial charge in [0.15, 0.2) is 0 Å². The number of benzene rings is 2. The fourth-order valence-electron chi connectivity index (χ4n) is 3.43. The summed E-state index contributed by atoms with van der Waals surface area (Å²) in [5.74, 6) is -0.367. The van der Waals surface area contributed by atoms with Crippen molar-refractivity contribution in [2.75, 3.05) is 18.4 Å². The molecule has 2 aromatic carbocycles. The number of aryl methyl sites for hydroxylation is 1. The largest absolute Gasteiger partial charge is 0.349 e. The van der Waals surface area contributed by atoms with E-state index >= 15 is 0 Å². The molecule has 0 atom stereocenters. The fraction of sp³-hybridized carbons (Fsp3) is 0.417. The maximum Gasteiger partial charge on any atom is 0.251 e. The van der Waals surface area contributed by atoms with Gasteiger partial charge in [-0.25, -0.2) is 8.42 Å². The normalized spacial score (nSPS) is 15.9. The van der Waals surface area contributed by atoms with Crippen molar-refractivity contribution in [1.82, 2.24) is 9.62 Å². The lowest BCUT2D eigenvalue weighted by Gasteiger charge is -2.31. The Hall–Kier alpha value is -2.71. The third-order valence-corrected chi connectivity index (χ3v) is 7.42. The third kappa shape index (κ3) is 5.75. The molecule has 7 nitrogen and oxygen atoms in total. The molecular weight excluding hydrogens is 426 g/mol. The third-order valence-electron chi connectivity index (χ3n) is 5.51. The lowest BCUT2D eigenvalue weighted by Crippen LogP contribution is -2.46. The van der Waals surface area contributed by atoms with Crippen LogP contribution in [0.4, 0.5) is 5.69 Å². The van der Waals surface area contributed by atoms with Crippen molar-refractivity contribution in [2.45, 2.75) is 51.5 Å². The zero-order chi connectivity index (χ0) is 23.5. The first kappa shape index (κ1) is 23.9. The molecule has 172 valence electrons. The van der Waals surface area contributed by atoms with Crippen LogP contribution in [-0.4, -0.2) is 43.7 Å². The number of carbonyl (C=O) groups is 2. The van der Waals surface area contributed by atoms with E-state index in [-0.39, 0.29) is 17.9 Å². The van der Waals surface area contributed by atoms with Crippen molar-refractivity contribution in [1.29, 1.82) is 0 Å². The molecule has 32 heavy (non-hydrogen) atoms. The van der Waals surface area contributed by atoms with Gasteiger partial charge in [0.25, 0.3) is 5.91 Å². The highest BCUT2D eigenvalue weighted by Crippen LogP contribution is 2.22. The number of anilines is 1. The predicted octanol–water partition coefficient (Wildman–Crippen LogP) is 3.56. The average molecular weight is 458 g/mol. The van der Waals surface area contributed by atoms with Gasteiger partial charge in [0, 0.05) is 35.8 Å². The van der Waals surface area contributed by atoms with Gasteiger partial charge in [0.2, 0.25) is 15.9 Å². The maximum atomic E-state index is 12.8. The van der Waals surface area contributed by atoms with E-state index in [1.54, 1.807) is 48.5 Å². The second-order valence-corrected chi connectivity index (χ2v) is 11.2. The number of amides is 2. The number of hydrogen-bond donors (Lipinski definition) is 2. The van der Waals surface area contributed by atoms with Gasteiger partial charge in [-0.1, -0.05) is 44.5 Å². The molecule has 0 radical (unpaired) electrons. The lowest BCUT2D eigenvalue weighted by atomic mass is 9.95. The molecule has 0 aliphatic carbocycles. The van der Waals surface area contributed by atoms with E-state index in [0.717, 1.165) is 5.56 Å². The Balaban J connectivity index is 1.58. The molecule has 2 N–H and O–H groups in total. The van der Waals surface area contributed by atoms with E-state index in [0.29, 0.717) is 42.1 Å². The number of nitrogens with one attached hydrogen (secondary N) is 2. The van der Waals surface area contributed by atoms with E-state index < -0.39 is 15.4 Å². The van der Waals surface area contributed by atoms with Crippen molar-refractivity contribution < 1.29 is 18.0 Å². The lowest BCUT2D eigenvalue weighted by molar-refractivity contribution is -0.123. The highest BCUT2D eigenvalue weighted by Gasteiger charge is 2.30. The van der Waals surface area contributed by atoms with Crippen LogP contribution in [0.3, 0.4) is 0 Å². The minimum absolute atomic E-state index is 0.111. The van der Waals surface area contributed by atoms with Crippen molar-refractivity contribution in [3.8, 4) is 0 Å². The van der Waals surface area contributed by atoms with E-state index in [1.165, 1.54) is 4.31 Å². The van der Waals surface area contributed by atoms with Crippen LogP contribution in [0.5, 0.6) is 0 Å². The summed E-state index contributed by atoms with van der Waals surface area (Å²) in [6.45, 7) is 8.09. The number of piperidine rings is 1. The van der Waals surface area contributed by atoms with Crippen molar-refractivity contribution in [3.05, 3.63) is 59.7 Å². The standard InChI is InChI=1S/C24H31N3O4S/c1-17-8-10-21(11-9-17)32(30,31)27-14-12-19(13-15-27)25-22(28)18-6-5-7-20(16-18)26-23(29)24(2,3)4/h5-11,16,19H,12-15H2,1-4H3,(H,25,28)(H,26,29). The quantitative estimate of drug-likeness (QED) is 0.718. The van der Waals surface area contributed by atoms with Crippen LogP contribution in [0.15, 0.2) is 53.4 Å². The predicted molar refractivity (Wildman–Crippen MR) is 125 cm³/mol. The zero-order valence-corrected chi connectivity index (χ0v) is 19.8. The van der Waals surface area contributed by atoms with Gasteiger partial charge in [-0.3, -0.25) is 9.59 Å². The number of rotatable bonds is 5. The number of nitrogens with zero attached hydrogens (tertiary/aromatic N) is 1. The van der Waals surface area contributed by atoms with Crippen LogP contribution in [0.2, 0.25) is 0 Å². The van der Waals surface area contributed by atoms with Crippen LogP contribution in [0.25, 0.3) is 0 Å². The Labute approximate surface area is 190 Å². The molecule has 0 saturated carbocycles. The smallest absolute Gasteiger partial charge is 0.251 e. The first-order chi connectivity index (χ1) is 15.0. The van der Waals surface area contributed by atoms with Gasteiger partial charge in [0.05, 0.1) is 4.90 Å². The summed E-state index contributed by atoms with van der Waals surface area (Å²) < 4.78 is 27.2. The summed E-state index contributed by atoms with van der Waals surface area (Å²) in [5, 5.41) is 5.82. The fourth-order valence-corrected chi connectivity index (χ4v) is 4.90. The Morgan fingerprint density at radius 2 is 1.62 bits per heavy atom. The van der Waals surface area contributed by atoms with Crippen molar-refractivity contribution in [2.24, 2.45) is 5.41 Å². The zero-order valence-electron chi connectivity index (χ0n) is 19.0. The summed E-state index contributed by atoms with van der Waals surface area (Å²) in [6, 6.07) is 13.5. The van der Waals surface area contributed by atoms with E-state index in [2.05, 4.69) is 10.6 Å². The highest BCUT2D eigenvalue weighted by atomic mass is 32.2. The molecule has 1 fully saturated rings. The number of sulfonamides is 1. The monoisotopic (exact) mass is 457 g/mol. The first-order valence-corrected chi connectivity index (χ1v) is 12.2. The van der Waals surface area contributed by atoms with Gasteiger partial charge >= 0.3 is 0 Å². The molecule has 0 spiro atoms. The topological polar surface area (TPSA) is 95.6 Å². The Kier molecular flexibility index (Phi) is 7.05. The van der Waals surface area contributed by atoms with Crippen LogP contribution in [0.1, 0.15) is 49.5 Å². The molecule has 1 aliphatic heterocycles. The van der Waals surface area contributed by atoms with Crippen molar-refractivity contribution in [3.63, 3.8) is 0 Å². The molecule has 0 bridgehead atoms. The Morgan fingerprint density at radius 1 is 1.00 bits per heavy atom. The molecule has 3 rings (SSSR count). The van der Waals surface area contributed by atoms with Crippen LogP contribution < -0.4 is 10.6 Å². The molecule has 0 unspecified atom stereocenters. The van der Waals surface area contributed by atoms with Gasteiger partial charge in [-0.2, -0.15) is 4.31 Å². The van der Waals surface area contributed by atoms with Gasteiger partial charge in [0.1, 0.15) is 0 Å². The molecular formula is C24H31N3O4S. The van der Waals surface area contributed by atoms with Crippen LogP contribution in [-0.2, 0) is 14.8 Å². The first-order valence-electron chi connectivity index (χ1n) is 10.8. The summed E-state index contributed by atoms with van der Waals surface area (Å²) in [5.41, 5.74) is 1.49. The SMILES string of the molecule is Cc1ccc(S(=O)(=O)N2CCC(NC(=O)c3cccc(NC(=O)C(C)(C)C)c3)CC2)cc1. The second kappa shape index (κ2) is 9.42. The average Bonchev–Trinajstić information content (AvgIpc) is 2.74. The molecule has 2 amide bonds. The molecule has 8 heteroatoms.